The molecule has 1 spiro atoms. The molecule has 2 fully saturated rings. The second-order valence-corrected chi connectivity index (χ2v) is 4.65. The number of hydrogen-bond donors (Lipinski definition) is 2. The van der Waals surface area contributed by atoms with Gasteiger partial charge in [0.2, 0.25) is 0 Å². The lowest BCUT2D eigenvalue weighted by Gasteiger charge is -2.43. The van der Waals surface area contributed by atoms with E-state index in [9.17, 15) is 0 Å². The van der Waals surface area contributed by atoms with Gasteiger partial charge in [-0.05, 0) is 31.1 Å². The molecule has 0 saturated heterocycles. The Hall–Kier alpha value is -0.0800. The Morgan fingerprint density at radius 2 is 1.50 bits per heavy atom. The van der Waals surface area contributed by atoms with Crippen molar-refractivity contribution < 1.29 is 0 Å². The van der Waals surface area contributed by atoms with E-state index in [0.717, 1.165) is 6.42 Å². The highest BCUT2D eigenvalue weighted by Crippen LogP contribution is 2.47. The Labute approximate surface area is 74.7 Å². The maximum atomic E-state index is 6.19. The molecular formula is C10H20N2. The van der Waals surface area contributed by atoms with E-state index in [-0.39, 0.29) is 12.1 Å². The summed E-state index contributed by atoms with van der Waals surface area (Å²) in [7, 11) is 0. The average molecular weight is 168 g/mol. The summed E-state index contributed by atoms with van der Waals surface area (Å²) < 4.78 is 0. The Morgan fingerprint density at radius 3 is 2.17 bits per heavy atom. The topological polar surface area (TPSA) is 52.0 Å². The van der Waals surface area contributed by atoms with Crippen LogP contribution in [-0.2, 0) is 0 Å². The molecule has 0 amide bonds. The minimum Gasteiger partial charge on any atom is -0.326 e. The van der Waals surface area contributed by atoms with Crippen LogP contribution in [0.5, 0.6) is 0 Å². The van der Waals surface area contributed by atoms with E-state index >= 15 is 0 Å². The van der Waals surface area contributed by atoms with E-state index in [2.05, 4.69) is 0 Å². The summed E-state index contributed by atoms with van der Waals surface area (Å²) in [5, 5.41) is 0. The smallest absolute Gasteiger partial charge is 0.0249 e. The van der Waals surface area contributed by atoms with Gasteiger partial charge in [-0.25, -0.2) is 0 Å². The molecule has 4 N–H and O–H groups in total. The van der Waals surface area contributed by atoms with E-state index in [0.29, 0.717) is 5.41 Å². The van der Waals surface area contributed by atoms with Crippen LogP contribution in [-0.4, -0.2) is 12.1 Å². The third-order valence-electron chi connectivity index (χ3n) is 3.98. The molecule has 0 aromatic heterocycles. The lowest BCUT2D eigenvalue weighted by Crippen LogP contribution is -2.54. The van der Waals surface area contributed by atoms with Crippen LogP contribution in [0.25, 0.3) is 0 Å². The van der Waals surface area contributed by atoms with Crippen molar-refractivity contribution in [3.05, 3.63) is 0 Å². The number of rotatable bonds is 0. The molecule has 2 atom stereocenters. The minimum absolute atomic E-state index is 0.275. The maximum absolute atomic E-state index is 6.19. The highest BCUT2D eigenvalue weighted by molar-refractivity contribution is 5.00. The maximum Gasteiger partial charge on any atom is 0.0249 e. The summed E-state index contributed by atoms with van der Waals surface area (Å²) in [6.45, 7) is 0. The zero-order valence-corrected chi connectivity index (χ0v) is 7.76. The van der Waals surface area contributed by atoms with Gasteiger partial charge < -0.3 is 11.5 Å². The van der Waals surface area contributed by atoms with Gasteiger partial charge in [0.25, 0.3) is 0 Å². The van der Waals surface area contributed by atoms with Crippen LogP contribution >= 0.6 is 0 Å². The summed E-state index contributed by atoms with van der Waals surface area (Å²) in [5.74, 6) is 0. The van der Waals surface area contributed by atoms with Gasteiger partial charge in [0.05, 0.1) is 0 Å². The van der Waals surface area contributed by atoms with Crippen LogP contribution < -0.4 is 11.5 Å². The second kappa shape index (κ2) is 3.00. The molecule has 0 aromatic carbocycles. The molecule has 2 unspecified atom stereocenters. The van der Waals surface area contributed by atoms with Crippen LogP contribution in [0.15, 0.2) is 0 Å². The summed E-state index contributed by atoms with van der Waals surface area (Å²) in [5.41, 5.74) is 12.7. The molecule has 0 bridgehead atoms. The van der Waals surface area contributed by atoms with Gasteiger partial charge in [0.1, 0.15) is 0 Å². The molecular weight excluding hydrogens is 148 g/mol. The quantitative estimate of drug-likeness (QED) is 0.574. The molecule has 12 heavy (non-hydrogen) atoms. The Bertz CT molecular complexity index is 161. The van der Waals surface area contributed by atoms with E-state index in [1.165, 1.54) is 38.5 Å². The zero-order valence-electron chi connectivity index (χ0n) is 7.76. The van der Waals surface area contributed by atoms with Crippen LogP contribution in [0.3, 0.4) is 0 Å². The second-order valence-electron chi connectivity index (χ2n) is 4.65. The molecule has 2 heteroatoms. The van der Waals surface area contributed by atoms with Crippen molar-refractivity contribution in [2.45, 2.75) is 57.0 Å². The first-order chi connectivity index (χ1) is 5.75. The largest absolute Gasteiger partial charge is 0.326 e. The summed E-state index contributed by atoms with van der Waals surface area (Å²) in [4.78, 5) is 0. The third kappa shape index (κ3) is 1.17. The summed E-state index contributed by atoms with van der Waals surface area (Å²) >= 11 is 0. The molecule has 2 saturated carbocycles. The van der Waals surface area contributed by atoms with Gasteiger partial charge in [-0.2, -0.15) is 0 Å². The van der Waals surface area contributed by atoms with Gasteiger partial charge in [-0.15, -0.1) is 0 Å². The average Bonchev–Trinajstić information content (AvgIpc) is 2.50. The van der Waals surface area contributed by atoms with Crippen molar-refractivity contribution >= 4 is 0 Å². The predicted molar refractivity (Wildman–Crippen MR) is 50.7 cm³/mol. The first-order valence-electron chi connectivity index (χ1n) is 5.26. The van der Waals surface area contributed by atoms with Crippen LogP contribution in [0.4, 0.5) is 0 Å². The Morgan fingerprint density at radius 1 is 0.917 bits per heavy atom. The molecule has 2 aliphatic rings. The SMILES string of the molecule is NC1CCCC2(CCCC2)C1N. The lowest BCUT2D eigenvalue weighted by atomic mass is 9.67. The van der Waals surface area contributed by atoms with Gasteiger partial charge in [-0.3, -0.25) is 0 Å². The van der Waals surface area contributed by atoms with Crippen molar-refractivity contribution in [3.8, 4) is 0 Å². The van der Waals surface area contributed by atoms with Crippen molar-refractivity contribution in [1.29, 1.82) is 0 Å². The van der Waals surface area contributed by atoms with Gasteiger partial charge in [-0.1, -0.05) is 19.3 Å². The molecule has 0 heterocycles. The zero-order chi connectivity index (χ0) is 8.60. The summed E-state index contributed by atoms with van der Waals surface area (Å²) in [6, 6.07) is 0.561. The fraction of sp³-hybridized carbons (Fsp3) is 1.00. The molecule has 2 aliphatic carbocycles. The van der Waals surface area contributed by atoms with E-state index in [1.807, 2.05) is 0 Å². The van der Waals surface area contributed by atoms with E-state index in [4.69, 9.17) is 11.5 Å². The molecule has 0 aliphatic heterocycles. The number of hydrogen-bond acceptors (Lipinski definition) is 2. The Balaban J connectivity index is 2.11. The normalized spacial score (nSPS) is 40.5. The third-order valence-corrected chi connectivity index (χ3v) is 3.98. The van der Waals surface area contributed by atoms with Crippen LogP contribution in [0, 0.1) is 5.41 Å². The molecule has 2 rings (SSSR count). The highest BCUT2D eigenvalue weighted by Gasteiger charge is 2.43. The monoisotopic (exact) mass is 168 g/mol. The fourth-order valence-corrected chi connectivity index (χ4v) is 3.15. The molecule has 70 valence electrons. The first-order valence-corrected chi connectivity index (χ1v) is 5.26. The van der Waals surface area contributed by atoms with Crippen molar-refractivity contribution in [3.63, 3.8) is 0 Å². The van der Waals surface area contributed by atoms with Crippen molar-refractivity contribution in [1.82, 2.24) is 0 Å². The molecule has 0 radical (unpaired) electrons. The van der Waals surface area contributed by atoms with Crippen LogP contribution in [0.1, 0.15) is 44.9 Å². The van der Waals surface area contributed by atoms with Crippen molar-refractivity contribution in [2.24, 2.45) is 16.9 Å². The predicted octanol–water partition coefficient (Wildman–Crippen LogP) is 1.39. The van der Waals surface area contributed by atoms with Gasteiger partial charge >= 0.3 is 0 Å². The fourth-order valence-electron chi connectivity index (χ4n) is 3.15. The standard InChI is InChI=1S/C10H20N2/c11-8-4-3-7-10(9(8)12)5-1-2-6-10/h8-9H,1-7,11-12H2. The van der Waals surface area contributed by atoms with E-state index < -0.39 is 0 Å². The highest BCUT2D eigenvalue weighted by atomic mass is 14.8. The van der Waals surface area contributed by atoms with Crippen LogP contribution in [0.2, 0.25) is 0 Å². The van der Waals surface area contributed by atoms with Gasteiger partial charge in [0.15, 0.2) is 0 Å². The Kier molecular flexibility index (Phi) is 2.13. The first kappa shape index (κ1) is 8.52. The molecule has 0 aromatic rings. The summed E-state index contributed by atoms with van der Waals surface area (Å²) in [6.07, 6.45) is 9.20. The molecule has 2 nitrogen and oxygen atoms in total. The van der Waals surface area contributed by atoms with E-state index in [1.54, 1.807) is 0 Å². The lowest BCUT2D eigenvalue weighted by molar-refractivity contribution is 0.141. The van der Waals surface area contributed by atoms with Crippen molar-refractivity contribution in [2.75, 3.05) is 0 Å². The van der Waals surface area contributed by atoms with Gasteiger partial charge in [0, 0.05) is 12.1 Å². The number of nitrogens with two attached hydrogens (primary N) is 2. The minimum atomic E-state index is 0.275.